The van der Waals surface area contributed by atoms with Crippen LogP contribution in [0.1, 0.15) is 11.1 Å². The van der Waals surface area contributed by atoms with Gasteiger partial charge >= 0.3 is 0 Å². The topological polar surface area (TPSA) is 35.0 Å². The maximum Gasteiger partial charge on any atom is 0.246 e. The molecule has 0 bridgehead atoms. The number of ether oxygens (including phenoxy) is 1. The molecule has 0 aliphatic carbocycles. The normalized spacial score (nSPS) is 10.9. The first-order chi connectivity index (χ1) is 10.1. The fourth-order valence-corrected chi connectivity index (χ4v) is 2.81. The van der Waals surface area contributed by atoms with E-state index in [1.807, 2.05) is 50.2 Å². The molecule has 0 saturated heterocycles. The molecule has 3 rings (SSSR count). The predicted octanol–water partition coefficient (Wildman–Crippen LogP) is 5.35. The van der Waals surface area contributed by atoms with Gasteiger partial charge in [0.05, 0.1) is 0 Å². The van der Waals surface area contributed by atoms with E-state index in [1.165, 1.54) is 0 Å². The van der Waals surface area contributed by atoms with E-state index in [-0.39, 0.29) is 0 Å². The van der Waals surface area contributed by atoms with Gasteiger partial charge in [0.1, 0.15) is 5.75 Å². The minimum Gasteiger partial charge on any atom is -0.436 e. The van der Waals surface area contributed by atoms with Crippen LogP contribution in [0.4, 0.5) is 0 Å². The number of aromatic nitrogens is 2. The monoisotopic (exact) mass is 318 g/mol. The highest BCUT2D eigenvalue weighted by atomic mass is 35.5. The first-order valence-corrected chi connectivity index (χ1v) is 7.17. The van der Waals surface area contributed by atoms with Crippen LogP contribution in [0.25, 0.3) is 10.8 Å². The molecule has 0 saturated carbocycles. The summed E-state index contributed by atoms with van der Waals surface area (Å²) in [7, 11) is 0. The van der Waals surface area contributed by atoms with Crippen molar-refractivity contribution in [1.82, 2.24) is 10.2 Å². The van der Waals surface area contributed by atoms with E-state index < -0.39 is 0 Å². The number of rotatable bonds is 2. The summed E-state index contributed by atoms with van der Waals surface area (Å²) in [6.07, 6.45) is 0. The lowest BCUT2D eigenvalue weighted by molar-refractivity contribution is 0.455. The lowest BCUT2D eigenvalue weighted by atomic mass is 10.1. The van der Waals surface area contributed by atoms with Crippen LogP contribution < -0.4 is 4.74 Å². The quantitative estimate of drug-likeness (QED) is 0.639. The lowest BCUT2D eigenvalue weighted by Gasteiger charge is -2.12. The highest BCUT2D eigenvalue weighted by molar-refractivity contribution is 6.34. The Bertz CT molecular complexity index is 811. The van der Waals surface area contributed by atoms with Crippen molar-refractivity contribution in [1.29, 1.82) is 0 Å². The van der Waals surface area contributed by atoms with E-state index >= 15 is 0 Å². The van der Waals surface area contributed by atoms with E-state index in [4.69, 9.17) is 27.9 Å². The van der Waals surface area contributed by atoms with E-state index in [0.29, 0.717) is 16.1 Å². The molecule has 0 radical (unpaired) electrons. The molecule has 21 heavy (non-hydrogen) atoms. The Hall–Kier alpha value is -1.84. The number of nitrogens with zero attached hydrogens (tertiary/aromatic N) is 2. The number of hydrogen-bond donors (Lipinski definition) is 0. The summed E-state index contributed by atoms with van der Waals surface area (Å²) in [6, 6.07) is 11.3. The number of benzene rings is 2. The Morgan fingerprint density at radius 3 is 2.19 bits per heavy atom. The summed E-state index contributed by atoms with van der Waals surface area (Å²) in [5.41, 5.74) is 1.89. The minimum absolute atomic E-state index is 0.363. The van der Waals surface area contributed by atoms with Gasteiger partial charge in [-0.15, -0.1) is 10.2 Å². The Kier molecular flexibility index (Phi) is 3.70. The molecular formula is C16H12Cl2N2O. The van der Waals surface area contributed by atoms with Crippen LogP contribution in [0.2, 0.25) is 10.2 Å². The zero-order chi connectivity index (χ0) is 15.0. The predicted molar refractivity (Wildman–Crippen MR) is 85.5 cm³/mol. The molecule has 3 aromatic rings. The van der Waals surface area contributed by atoms with Crippen LogP contribution in [-0.4, -0.2) is 10.2 Å². The smallest absolute Gasteiger partial charge is 0.246 e. The van der Waals surface area contributed by atoms with Gasteiger partial charge < -0.3 is 4.74 Å². The number of hydrogen-bond acceptors (Lipinski definition) is 3. The molecule has 3 nitrogen and oxygen atoms in total. The number of halogens is 2. The van der Waals surface area contributed by atoms with Crippen molar-refractivity contribution in [3.8, 4) is 11.6 Å². The van der Waals surface area contributed by atoms with E-state index in [9.17, 15) is 0 Å². The molecule has 106 valence electrons. The molecule has 2 aromatic carbocycles. The molecule has 1 heterocycles. The molecule has 5 heteroatoms. The van der Waals surface area contributed by atoms with Crippen molar-refractivity contribution < 1.29 is 4.74 Å². The van der Waals surface area contributed by atoms with Crippen LogP contribution in [0.3, 0.4) is 0 Å². The fourth-order valence-electron chi connectivity index (χ4n) is 2.28. The first-order valence-electron chi connectivity index (χ1n) is 6.42. The van der Waals surface area contributed by atoms with Crippen molar-refractivity contribution in [3.05, 3.63) is 57.7 Å². The molecule has 0 N–H and O–H groups in total. The van der Waals surface area contributed by atoms with Gasteiger partial charge in [-0.25, -0.2) is 0 Å². The van der Waals surface area contributed by atoms with Gasteiger partial charge in [0.2, 0.25) is 5.88 Å². The van der Waals surface area contributed by atoms with Crippen molar-refractivity contribution in [2.24, 2.45) is 0 Å². The Labute approximate surface area is 132 Å². The maximum atomic E-state index is 6.07. The van der Waals surface area contributed by atoms with Gasteiger partial charge in [0, 0.05) is 15.8 Å². The number of aryl methyl sites for hydroxylation is 2. The van der Waals surface area contributed by atoms with Gasteiger partial charge in [-0.2, -0.15) is 0 Å². The molecular weight excluding hydrogens is 307 g/mol. The summed E-state index contributed by atoms with van der Waals surface area (Å²) in [5, 5.41) is 10.7. The average Bonchev–Trinajstić information content (AvgIpc) is 2.45. The first kappa shape index (κ1) is 14.1. The lowest BCUT2D eigenvalue weighted by Crippen LogP contribution is -1.96. The second kappa shape index (κ2) is 5.51. The largest absolute Gasteiger partial charge is 0.436 e. The molecule has 0 fully saturated rings. The van der Waals surface area contributed by atoms with Gasteiger partial charge in [-0.05, 0) is 43.2 Å². The second-order valence-corrected chi connectivity index (χ2v) is 5.61. The number of fused-ring (bicyclic) bond motifs is 1. The average molecular weight is 319 g/mol. The van der Waals surface area contributed by atoms with Crippen molar-refractivity contribution in [2.75, 3.05) is 0 Å². The standard InChI is InChI=1S/C16H12Cl2N2O/c1-9-7-11(17)8-10(2)14(9)21-16-13-6-4-3-5-12(13)15(18)19-20-16/h3-8H,1-2H3. The molecule has 0 unspecified atom stereocenters. The van der Waals surface area contributed by atoms with Crippen molar-refractivity contribution in [3.63, 3.8) is 0 Å². The molecule has 0 amide bonds. The third-order valence-electron chi connectivity index (χ3n) is 3.23. The van der Waals surface area contributed by atoms with Gasteiger partial charge in [-0.1, -0.05) is 41.4 Å². The van der Waals surface area contributed by atoms with E-state index in [1.54, 1.807) is 0 Å². The molecule has 0 aliphatic heterocycles. The summed E-state index contributed by atoms with van der Waals surface area (Å²) < 4.78 is 5.97. The molecule has 0 aliphatic rings. The Morgan fingerprint density at radius 1 is 0.905 bits per heavy atom. The summed E-state index contributed by atoms with van der Waals surface area (Å²) in [4.78, 5) is 0. The molecule has 0 atom stereocenters. The van der Waals surface area contributed by atoms with Crippen molar-refractivity contribution >= 4 is 34.0 Å². The fraction of sp³-hybridized carbons (Fsp3) is 0.125. The summed E-state index contributed by atoms with van der Waals surface area (Å²) in [6.45, 7) is 3.89. The third-order valence-corrected chi connectivity index (χ3v) is 3.73. The van der Waals surface area contributed by atoms with Gasteiger partial charge in [0.25, 0.3) is 0 Å². The SMILES string of the molecule is Cc1cc(Cl)cc(C)c1Oc1nnc(Cl)c2ccccc12. The minimum atomic E-state index is 0.363. The van der Waals surface area contributed by atoms with Crippen LogP contribution in [-0.2, 0) is 0 Å². The Morgan fingerprint density at radius 2 is 1.52 bits per heavy atom. The van der Waals surface area contributed by atoms with Crippen LogP contribution in [0, 0.1) is 13.8 Å². The van der Waals surface area contributed by atoms with Gasteiger partial charge in [-0.3, -0.25) is 0 Å². The Balaban J connectivity index is 2.13. The summed E-state index contributed by atoms with van der Waals surface area (Å²) in [5.74, 6) is 1.17. The zero-order valence-corrected chi connectivity index (χ0v) is 13.0. The second-order valence-electron chi connectivity index (χ2n) is 4.81. The zero-order valence-electron chi connectivity index (χ0n) is 11.5. The highest BCUT2D eigenvalue weighted by Gasteiger charge is 2.12. The third kappa shape index (κ3) is 2.67. The van der Waals surface area contributed by atoms with Crippen LogP contribution >= 0.6 is 23.2 Å². The summed E-state index contributed by atoms with van der Waals surface area (Å²) >= 11 is 12.1. The highest BCUT2D eigenvalue weighted by Crippen LogP contribution is 2.34. The maximum absolute atomic E-state index is 6.07. The van der Waals surface area contributed by atoms with Gasteiger partial charge in [0.15, 0.2) is 5.15 Å². The van der Waals surface area contributed by atoms with Crippen LogP contribution in [0.5, 0.6) is 11.6 Å². The van der Waals surface area contributed by atoms with E-state index in [0.717, 1.165) is 27.6 Å². The van der Waals surface area contributed by atoms with Crippen molar-refractivity contribution in [2.45, 2.75) is 13.8 Å². The van der Waals surface area contributed by atoms with E-state index in [2.05, 4.69) is 10.2 Å². The molecule has 0 spiro atoms. The van der Waals surface area contributed by atoms with Crippen LogP contribution in [0.15, 0.2) is 36.4 Å². The molecule has 1 aromatic heterocycles.